The lowest BCUT2D eigenvalue weighted by Crippen LogP contribution is -2.33. The zero-order chi connectivity index (χ0) is 18.5. The largest absolute Gasteiger partial charge is 0.344 e. The maximum Gasteiger partial charge on any atom is 0.281 e. The van der Waals surface area contributed by atoms with Crippen LogP contribution in [0.2, 0.25) is 0 Å². The van der Waals surface area contributed by atoms with Crippen LogP contribution in [0.1, 0.15) is 48.2 Å². The van der Waals surface area contributed by atoms with Crippen LogP contribution in [0, 0.1) is 0 Å². The molecular formula is C20H24N2O2S2. The van der Waals surface area contributed by atoms with Crippen molar-refractivity contribution in [3.8, 4) is 0 Å². The summed E-state index contributed by atoms with van der Waals surface area (Å²) in [6.07, 6.45) is 0.332. The third-order valence-electron chi connectivity index (χ3n) is 4.52. The molecule has 1 fully saturated rings. The number of thioether (sulfide) groups is 1. The van der Waals surface area contributed by atoms with Crippen molar-refractivity contribution >= 4 is 34.2 Å². The molecule has 1 unspecified atom stereocenters. The number of hydrogen-bond donors (Lipinski definition) is 1. The van der Waals surface area contributed by atoms with Gasteiger partial charge in [-0.1, -0.05) is 55.9 Å². The number of rotatable bonds is 7. The lowest BCUT2D eigenvalue weighted by molar-refractivity contribution is -0.121. The second-order valence-electron chi connectivity index (χ2n) is 6.69. The van der Waals surface area contributed by atoms with E-state index in [1.165, 1.54) is 17.3 Å². The van der Waals surface area contributed by atoms with Gasteiger partial charge in [0.05, 0.1) is 6.04 Å². The monoisotopic (exact) mass is 388 g/mol. The molecule has 26 heavy (non-hydrogen) atoms. The van der Waals surface area contributed by atoms with Gasteiger partial charge in [0.15, 0.2) is 0 Å². The Morgan fingerprint density at radius 1 is 1.19 bits per heavy atom. The summed E-state index contributed by atoms with van der Waals surface area (Å²) in [6, 6.07) is 12.4. The summed E-state index contributed by atoms with van der Waals surface area (Å²) < 4.78 is 0. The highest BCUT2D eigenvalue weighted by atomic mass is 32.2. The van der Waals surface area contributed by atoms with E-state index in [0.29, 0.717) is 18.9 Å². The van der Waals surface area contributed by atoms with Gasteiger partial charge in [-0.05, 0) is 28.5 Å². The minimum atomic E-state index is -0.146. The Balaban J connectivity index is 1.68. The molecule has 1 N–H and O–H groups in total. The summed E-state index contributed by atoms with van der Waals surface area (Å²) in [5.74, 6) is 1.27. The first-order chi connectivity index (χ1) is 12.5. The van der Waals surface area contributed by atoms with Crippen LogP contribution in [-0.4, -0.2) is 34.9 Å². The first kappa shape index (κ1) is 19.0. The number of hydrogen-bond acceptors (Lipinski definition) is 4. The fraction of sp³-hybridized carbons (Fsp3) is 0.400. The fourth-order valence-electron chi connectivity index (χ4n) is 2.95. The number of nitrogens with zero attached hydrogens (tertiary/aromatic N) is 1. The van der Waals surface area contributed by atoms with E-state index >= 15 is 0 Å². The molecule has 1 aromatic carbocycles. The predicted molar refractivity (Wildman–Crippen MR) is 109 cm³/mol. The van der Waals surface area contributed by atoms with Gasteiger partial charge in [0.25, 0.3) is 5.24 Å². The Hall–Kier alpha value is -1.79. The second-order valence-corrected chi connectivity index (χ2v) is 8.71. The topological polar surface area (TPSA) is 49.4 Å². The Bertz CT molecular complexity index is 742. The molecule has 2 amide bonds. The van der Waals surface area contributed by atoms with Crippen LogP contribution in [0.4, 0.5) is 4.79 Å². The Morgan fingerprint density at radius 3 is 2.50 bits per heavy atom. The quantitative estimate of drug-likeness (QED) is 0.752. The Kier molecular flexibility index (Phi) is 6.38. The highest BCUT2D eigenvalue weighted by Gasteiger charge is 2.23. The molecule has 0 saturated carbocycles. The third kappa shape index (κ3) is 4.68. The van der Waals surface area contributed by atoms with E-state index < -0.39 is 0 Å². The number of benzene rings is 1. The van der Waals surface area contributed by atoms with E-state index in [0.717, 1.165) is 22.7 Å². The Labute approximate surface area is 163 Å². The number of nitrogens with one attached hydrogen (secondary N) is 1. The highest BCUT2D eigenvalue weighted by molar-refractivity contribution is 8.13. The molecule has 2 aromatic rings. The lowest BCUT2D eigenvalue weighted by atomic mass is 9.98. The molecule has 4 nitrogen and oxygen atoms in total. The van der Waals surface area contributed by atoms with Crippen molar-refractivity contribution in [3.05, 3.63) is 57.8 Å². The molecule has 1 atom stereocenters. The van der Waals surface area contributed by atoms with E-state index in [2.05, 4.69) is 43.4 Å². The van der Waals surface area contributed by atoms with Crippen molar-refractivity contribution in [1.29, 1.82) is 0 Å². The maximum atomic E-state index is 12.5. The smallest absolute Gasteiger partial charge is 0.281 e. The molecule has 0 bridgehead atoms. The molecule has 0 radical (unpaired) electrons. The van der Waals surface area contributed by atoms with Gasteiger partial charge in [0.2, 0.25) is 5.91 Å². The van der Waals surface area contributed by atoms with Gasteiger partial charge >= 0.3 is 0 Å². The van der Waals surface area contributed by atoms with Crippen LogP contribution < -0.4 is 5.32 Å². The number of carbonyl (C=O) groups is 2. The zero-order valence-corrected chi connectivity index (χ0v) is 16.7. The van der Waals surface area contributed by atoms with Crippen molar-refractivity contribution in [3.63, 3.8) is 0 Å². The minimum Gasteiger partial charge on any atom is -0.344 e. The van der Waals surface area contributed by atoms with Crippen molar-refractivity contribution in [2.24, 2.45) is 0 Å². The lowest BCUT2D eigenvalue weighted by Gasteiger charge is -2.20. The van der Waals surface area contributed by atoms with Gasteiger partial charge < -0.3 is 10.2 Å². The summed E-state index contributed by atoms with van der Waals surface area (Å²) in [5.41, 5.74) is 2.37. The van der Waals surface area contributed by atoms with Crippen molar-refractivity contribution in [2.45, 2.75) is 32.2 Å². The van der Waals surface area contributed by atoms with Crippen LogP contribution >= 0.6 is 23.1 Å². The summed E-state index contributed by atoms with van der Waals surface area (Å²) in [7, 11) is 0. The molecule has 2 heterocycles. The van der Waals surface area contributed by atoms with Gasteiger partial charge in [0.1, 0.15) is 0 Å². The number of carbonyl (C=O) groups excluding carboxylic acids is 2. The van der Waals surface area contributed by atoms with E-state index in [1.807, 2.05) is 17.5 Å². The number of thiophene rings is 1. The van der Waals surface area contributed by atoms with Gasteiger partial charge in [0, 0.05) is 30.1 Å². The van der Waals surface area contributed by atoms with Gasteiger partial charge in [-0.2, -0.15) is 0 Å². The average Bonchev–Trinajstić information content (AvgIpc) is 3.30. The Morgan fingerprint density at radius 2 is 1.92 bits per heavy atom. The maximum absolute atomic E-state index is 12.5. The second kappa shape index (κ2) is 8.73. The van der Waals surface area contributed by atoms with Gasteiger partial charge in [-0.15, -0.1) is 11.3 Å². The molecule has 1 saturated heterocycles. The molecule has 0 aliphatic carbocycles. The molecule has 1 aliphatic rings. The van der Waals surface area contributed by atoms with Crippen LogP contribution in [-0.2, 0) is 4.79 Å². The normalized spacial score (nSPS) is 15.5. The first-order valence-electron chi connectivity index (χ1n) is 8.89. The SMILES string of the molecule is CC(C)c1ccc(C(NC(=O)CCN2CCSC2=O)c2cccs2)cc1. The van der Waals surface area contributed by atoms with Crippen molar-refractivity contribution < 1.29 is 9.59 Å². The predicted octanol–water partition coefficient (Wildman–Crippen LogP) is 4.64. The number of amides is 2. The van der Waals surface area contributed by atoms with Crippen molar-refractivity contribution in [2.75, 3.05) is 18.8 Å². The van der Waals surface area contributed by atoms with E-state index in [1.54, 1.807) is 16.2 Å². The summed E-state index contributed by atoms with van der Waals surface area (Å²) in [6.45, 7) is 5.57. The average molecular weight is 389 g/mol. The summed E-state index contributed by atoms with van der Waals surface area (Å²) in [5, 5.41) is 5.26. The van der Waals surface area contributed by atoms with Crippen molar-refractivity contribution in [1.82, 2.24) is 10.2 Å². The van der Waals surface area contributed by atoms with Crippen LogP contribution in [0.25, 0.3) is 0 Å². The highest BCUT2D eigenvalue weighted by Crippen LogP contribution is 2.27. The van der Waals surface area contributed by atoms with E-state index in [4.69, 9.17) is 0 Å². The third-order valence-corrected chi connectivity index (χ3v) is 6.35. The zero-order valence-electron chi connectivity index (χ0n) is 15.1. The molecular weight excluding hydrogens is 364 g/mol. The molecule has 1 aromatic heterocycles. The van der Waals surface area contributed by atoms with E-state index in [9.17, 15) is 9.59 Å². The fourth-order valence-corrected chi connectivity index (χ4v) is 4.60. The minimum absolute atomic E-state index is 0.0268. The van der Waals surface area contributed by atoms with Crippen LogP contribution in [0.15, 0.2) is 41.8 Å². The molecule has 3 rings (SSSR count). The van der Waals surface area contributed by atoms with Crippen LogP contribution in [0.3, 0.4) is 0 Å². The molecule has 0 spiro atoms. The first-order valence-corrected chi connectivity index (χ1v) is 10.8. The standard InChI is InChI=1S/C20H24N2O2S2/c1-14(2)15-5-7-16(8-6-15)19(17-4-3-12-25-17)21-18(23)9-10-22-11-13-26-20(22)24/h3-8,12,14,19H,9-11,13H2,1-2H3,(H,21,23). The molecule has 138 valence electrons. The van der Waals surface area contributed by atoms with Gasteiger partial charge in [-0.3, -0.25) is 9.59 Å². The molecule has 6 heteroatoms. The van der Waals surface area contributed by atoms with Gasteiger partial charge in [-0.25, -0.2) is 0 Å². The van der Waals surface area contributed by atoms with Crippen LogP contribution in [0.5, 0.6) is 0 Å². The van der Waals surface area contributed by atoms with E-state index in [-0.39, 0.29) is 17.2 Å². The summed E-state index contributed by atoms with van der Waals surface area (Å²) >= 11 is 2.97. The molecule has 1 aliphatic heterocycles. The summed E-state index contributed by atoms with van der Waals surface area (Å²) in [4.78, 5) is 27.0.